The van der Waals surface area contributed by atoms with Crippen molar-refractivity contribution in [2.75, 3.05) is 13.2 Å². The number of hydrogen-bond donors (Lipinski definition) is 2. The molecule has 0 saturated heterocycles. The average Bonchev–Trinajstić information content (AvgIpc) is 2.27. The maximum Gasteiger partial charge on any atom is 0.0434 e. The lowest BCUT2D eigenvalue weighted by Gasteiger charge is -2.32. The molecule has 16 heavy (non-hydrogen) atoms. The van der Waals surface area contributed by atoms with Gasteiger partial charge in [-0.05, 0) is 43.6 Å². The fourth-order valence-electron chi connectivity index (χ4n) is 2.71. The lowest BCUT2D eigenvalue weighted by Crippen LogP contribution is -2.37. The van der Waals surface area contributed by atoms with E-state index in [0.717, 1.165) is 30.8 Å². The Labute approximate surface area is 101 Å². The van der Waals surface area contributed by atoms with Crippen LogP contribution >= 0.6 is 0 Å². The molecule has 0 heterocycles. The zero-order valence-corrected chi connectivity index (χ0v) is 11.2. The minimum Gasteiger partial charge on any atom is -0.396 e. The van der Waals surface area contributed by atoms with Crippen molar-refractivity contribution >= 4 is 0 Å². The van der Waals surface area contributed by atoms with E-state index in [1.165, 1.54) is 25.7 Å². The molecule has 0 aromatic heterocycles. The lowest BCUT2D eigenvalue weighted by molar-refractivity contribution is 0.218. The summed E-state index contributed by atoms with van der Waals surface area (Å²) in [5.41, 5.74) is 0. The molecular weight excluding hydrogens is 198 g/mol. The fraction of sp³-hybridized carbons (Fsp3) is 1.00. The SMILES string of the molecule is CC(CCO)CNC1CCCC(C(C)C)C1. The fourth-order valence-corrected chi connectivity index (χ4v) is 2.71. The summed E-state index contributed by atoms with van der Waals surface area (Å²) in [7, 11) is 0. The molecule has 0 aromatic carbocycles. The first-order valence-corrected chi connectivity index (χ1v) is 6.97. The van der Waals surface area contributed by atoms with E-state index in [2.05, 4.69) is 26.1 Å². The quantitative estimate of drug-likeness (QED) is 0.731. The molecule has 96 valence electrons. The molecule has 1 aliphatic rings. The van der Waals surface area contributed by atoms with Gasteiger partial charge in [0.25, 0.3) is 0 Å². The number of rotatable bonds is 6. The van der Waals surface area contributed by atoms with E-state index >= 15 is 0 Å². The standard InChI is InChI=1S/C14H29NO/c1-11(2)13-5-4-6-14(9-13)15-10-12(3)7-8-16/h11-16H,4-10H2,1-3H3. The Morgan fingerprint density at radius 1 is 1.25 bits per heavy atom. The molecule has 2 N–H and O–H groups in total. The third kappa shape index (κ3) is 4.84. The molecule has 0 aromatic rings. The molecule has 2 nitrogen and oxygen atoms in total. The Balaban J connectivity index is 2.21. The summed E-state index contributed by atoms with van der Waals surface area (Å²) >= 11 is 0. The van der Waals surface area contributed by atoms with Crippen LogP contribution in [-0.2, 0) is 0 Å². The first kappa shape index (κ1) is 14.0. The van der Waals surface area contributed by atoms with E-state index < -0.39 is 0 Å². The largest absolute Gasteiger partial charge is 0.396 e. The van der Waals surface area contributed by atoms with Crippen LogP contribution in [0.2, 0.25) is 0 Å². The maximum absolute atomic E-state index is 8.86. The Kier molecular flexibility index (Phi) is 6.37. The first-order chi connectivity index (χ1) is 7.63. The van der Waals surface area contributed by atoms with Gasteiger partial charge in [-0.2, -0.15) is 0 Å². The van der Waals surface area contributed by atoms with Crippen molar-refractivity contribution < 1.29 is 5.11 Å². The minimum atomic E-state index is 0.322. The van der Waals surface area contributed by atoms with Crippen molar-refractivity contribution in [3.8, 4) is 0 Å². The normalized spacial score (nSPS) is 28.3. The van der Waals surface area contributed by atoms with Crippen LogP contribution in [0.4, 0.5) is 0 Å². The first-order valence-electron chi connectivity index (χ1n) is 6.97. The van der Waals surface area contributed by atoms with Gasteiger partial charge < -0.3 is 10.4 Å². The van der Waals surface area contributed by atoms with E-state index in [4.69, 9.17) is 5.11 Å². The van der Waals surface area contributed by atoms with Crippen LogP contribution in [0.3, 0.4) is 0 Å². The zero-order chi connectivity index (χ0) is 12.0. The number of hydrogen-bond acceptors (Lipinski definition) is 2. The molecule has 0 bridgehead atoms. The highest BCUT2D eigenvalue weighted by Gasteiger charge is 2.23. The lowest BCUT2D eigenvalue weighted by atomic mass is 9.79. The smallest absolute Gasteiger partial charge is 0.0434 e. The second-order valence-electron chi connectivity index (χ2n) is 5.89. The molecule has 0 spiro atoms. The van der Waals surface area contributed by atoms with Crippen LogP contribution in [0.25, 0.3) is 0 Å². The van der Waals surface area contributed by atoms with Gasteiger partial charge in [-0.3, -0.25) is 0 Å². The molecule has 2 heteroatoms. The summed E-state index contributed by atoms with van der Waals surface area (Å²) in [5, 5.41) is 12.5. The molecule has 1 fully saturated rings. The van der Waals surface area contributed by atoms with Crippen molar-refractivity contribution in [2.24, 2.45) is 17.8 Å². The van der Waals surface area contributed by atoms with Crippen molar-refractivity contribution in [1.82, 2.24) is 5.32 Å². The van der Waals surface area contributed by atoms with Gasteiger partial charge in [-0.15, -0.1) is 0 Å². The zero-order valence-electron chi connectivity index (χ0n) is 11.2. The second kappa shape index (κ2) is 7.29. The number of nitrogens with one attached hydrogen (secondary N) is 1. The van der Waals surface area contributed by atoms with Gasteiger partial charge in [0.15, 0.2) is 0 Å². The third-order valence-corrected chi connectivity index (χ3v) is 4.03. The average molecular weight is 227 g/mol. The van der Waals surface area contributed by atoms with E-state index in [0.29, 0.717) is 12.5 Å². The van der Waals surface area contributed by atoms with Crippen LogP contribution in [-0.4, -0.2) is 24.3 Å². The Morgan fingerprint density at radius 3 is 2.62 bits per heavy atom. The highest BCUT2D eigenvalue weighted by molar-refractivity contribution is 4.79. The van der Waals surface area contributed by atoms with Crippen molar-refractivity contribution in [1.29, 1.82) is 0 Å². The van der Waals surface area contributed by atoms with E-state index in [9.17, 15) is 0 Å². The molecule has 0 amide bonds. The summed E-state index contributed by atoms with van der Waals surface area (Å²) in [6, 6.07) is 0.724. The monoisotopic (exact) mass is 227 g/mol. The number of aliphatic hydroxyl groups is 1. The van der Waals surface area contributed by atoms with Gasteiger partial charge in [0.05, 0.1) is 0 Å². The summed E-state index contributed by atoms with van der Waals surface area (Å²) in [6.07, 6.45) is 6.42. The van der Waals surface area contributed by atoms with Gasteiger partial charge in [0.1, 0.15) is 0 Å². The van der Waals surface area contributed by atoms with Gasteiger partial charge in [-0.25, -0.2) is 0 Å². The van der Waals surface area contributed by atoms with Crippen LogP contribution < -0.4 is 5.32 Å². The van der Waals surface area contributed by atoms with Gasteiger partial charge in [0, 0.05) is 12.6 Å². The van der Waals surface area contributed by atoms with Crippen molar-refractivity contribution in [3.63, 3.8) is 0 Å². The topological polar surface area (TPSA) is 32.3 Å². The van der Waals surface area contributed by atoms with Crippen molar-refractivity contribution in [2.45, 2.75) is 58.9 Å². The van der Waals surface area contributed by atoms with E-state index in [-0.39, 0.29) is 0 Å². The molecule has 3 atom stereocenters. The van der Waals surface area contributed by atoms with Crippen LogP contribution in [0.15, 0.2) is 0 Å². The maximum atomic E-state index is 8.86. The van der Waals surface area contributed by atoms with Gasteiger partial charge in [0.2, 0.25) is 0 Å². The highest BCUT2D eigenvalue weighted by atomic mass is 16.3. The van der Waals surface area contributed by atoms with Gasteiger partial charge >= 0.3 is 0 Å². The van der Waals surface area contributed by atoms with E-state index in [1.54, 1.807) is 0 Å². The summed E-state index contributed by atoms with van der Waals surface area (Å²) in [5.74, 6) is 2.35. The molecule has 0 radical (unpaired) electrons. The molecule has 3 unspecified atom stereocenters. The summed E-state index contributed by atoms with van der Waals surface area (Å²) in [6.45, 7) is 8.30. The van der Waals surface area contributed by atoms with E-state index in [1.807, 2.05) is 0 Å². The third-order valence-electron chi connectivity index (χ3n) is 4.03. The molecular formula is C14H29NO. The Bertz CT molecular complexity index is 182. The van der Waals surface area contributed by atoms with Crippen LogP contribution in [0.5, 0.6) is 0 Å². The minimum absolute atomic E-state index is 0.322. The second-order valence-corrected chi connectivity index (χ2v) is 5.89. The molecule has 0 aliphatic heterocycles. The molecule has 1 saturated carbocycles. The Hall–Kier alpha value is -0.0800. The summed E-state index contributed by atoms with van der Waals surface area (Å²) < 4.78 is 0. The predicted molar refractivity (Wildman–Crippen MR) is 69.5 cm³/mol. The van der Waals surface area contributed by atoms with Crippen LogP contribution in [0.1, 0.15) is 52.9 Å². The molecule has 1 aliphatic carbocycles. The number of aliphatic hydroxyl groups excluding tert-OH is 1. The molecule has 1 rings (SSSR count). The van der Waals surface area contributed by atoms with Crippen LogP contribution in [0, 0.1) is 17.8 Å². The Morgan fingerprint density at radius 2 is 2.00 bits per heavy atom. The highest BCUT2D eigenvalue weighted by Crippen LogP contribution is 2.29. The van der Waals surface area contributed by atoms with Gasteiger partial charge in [-0.1, -0.05) is 33.6 Å². The van der Waals surface area contributed by atoms with Crippen molar-refractivity contribution in [3.05, 3.63) is 0 Å². The predicted octanol–water partition coefficient (Wildman–Crippen LogP) is 2.81. The summed E-state index contributed by atoms with van der Waals surface area (Å²) in [4.78, 5) is 0.